The van der Waals surface area contributed by atoms with Crippen molar-refractivity contribution < 1.29 is 4.74 Å². The number of anilines is 1. The highest BCUT2D eigenvalue weighted by Crippen LogP contribution is 2.26. The number of ether oxygens (including phenoxy) is 1. The number of nitrogens with one attached hydrogen (secondary N) is 1. The molecule has 1 aromatic heterocycles. The van der Waals surface area contributed by atoms with E-state index in [9.17, 15) is 0 Å². The largest absolute Gasteiger partial charge is 0.439 e. The fraction of sp³-hybridized carbons (Fsp3) is 0.214. The van der Waals surface area contributed by atoms with Gasteiger partial charge in [-0.25, -0.2) is 10.8 Å². The van der Waals surface area contributed by atoms with Crippen LogP contribution in [0.4, 0.5) is 5.82 Å². The molecule has 0 aliphatic rings. The monoisotopic (exact) mass is 269 g/mol. The second-order valence-corrected chi connectivity index (χ2v) is 4.20. The number of nitriles is 1. The topological polar surface area (TPSA) is 96.9 Å². The number of aryl methyl sites for hydroxylation is 2. The fourth-order valence-electron chi connectivity index (χ4n) is 1.65. The molecule has 3 N–H and O–H groups in total. The van der Waals surface area contributed by atoms with E-state index in [4.69, 9.17) is 15.8 Å². The second kappa shape index (κ2) is 5.99. The SMILES string of the molecule is CCc1nc(NN)cc(Oc2cc(C#N)ccc2C)n1. The summed E-state index contributed by atoms with van der Waals surface area (Å²) in [6.07, 6.45) is 0.670. The highest BCUT2D eigenvalue weighted by Gasteiger charge is 2.08. The number of hydrogen-bond acceptors (Lipinski definition) is 6. The summed E-state index contributed by atoms with van der Waals surface area (Å²) in [5, 5.41) is 8.93. The zero-order valence-electron chi connectivity index (χ0n) is 11.3. The van der Waals surface area contributed by atoms with Crippen LogP contribution in [0.2, 0.25) is 0 Å². The Bertz CT molecular complexity index is 641. The summed E-state index contributed by atoms with van der Waals surface area (Å²) in [4.78, 5) is 8.47. The van der Waals surface area contributed by atoms with Crippen molar-refractivity contribution in [2.75, 3.05) is 5.43 Å². The van der Waals surface area contributed by atoms with Gasteiger partial charge in [0.15, 0.2) is 0 Å². The number of hydrazine groups is 1. The van der Waals surface area contributed by atoms with E-state index in [0.29, 0.717) is 35.3 Å². The number of nitrogen functional groups attached to an aromatic ring is 1. The fourth-order valence-corrected chi connectivity index (χ4v) is 1.65. The quantitative estimate of drug-likeness (QED) is 0.653. The first kappa shape index (κ1) is 13.8. The van der Waals surface area contributed by atoms with E-state index in [-0.39, 0.29) is 0 Å². The number of rotatable bonds is 4. The molecule has 1 aromatic carbocycles. The molecule has 2 rings (SSSR count). The molecule has 0 bridgehead atoms. The third kappa shape index (κ3) is 3.02. The Morgan fingerprint density at radius 1 is 1.35 bits per heavy atom. The van der Waals surface area contributed by atoms with Gasteiger partial charge >= 0.3 is 0 Å². The van der Waals surface area contributed by atoms with Gasteiger partial charge in [-0.15, -0.1) is 0 Å². The average molecular weight is 269 g/mol. The summed E-state index contributed by atoms with van der Waals surface area (Å²) in [5.41, 5.74) is 3.94. The van der Waals surface area contributed by atoms with Crippen molar-refractivity contribution in [2.45, 2.75) is 20.3 Å². The highest BCUT2D eigenvalue weighted by atomic mass is 16.5. The molecule has 6 heteroatoms. The molecule has 0 unspecified atom stereocenters. The Morgan fingerprint density at radius 3 is 2.80 bits per heavy atom. The van der Waals surface area contributed by atoms with E-state index in [1.54, 1.807) is 18.2 Å². The molecule has 6 nitrogen and oxygen atoms in total. The Labute approximate surface area is 117 Å². The van der Waals surface area contributed by atoms with Crippen LogP contribution >= 0.6 is 0 Å². The molecule has 0 atom stereocenters. The Kier molecular flexibility index (Phi) is 4.13. The van der Waals surface area contributed by atoms with Crippen LogP contribution in [0.1, 0.15) is 23.9 Å². The molecule has 0 aliphatic carbocycles. The predicted octanol–water partition coefficient (Wildman–Crippen LogP) is 2.30. The molecule has 0 saturated carbocycles. The normalized spacial score (nSPS) is 9.90. The van der Waals surface area contributed by atoms with Gasteiger partial charge in [0.1, 0.15) is 17.4 Å². The molecular weight excluding hydrogens is 254 g/mol. The third-order valence-electron chi connectivity index (χ3n) is 2.74. The van der Waals surface area contributed by atoms with Crippen molar-refractivity contribution in [3.05, 3.63) is 41.2 Å². The van der Waals surface area contributed by atoms with Crippen LogP contribution in [0.25, 0.3) is 0 Å². The lowest BCUT2D eigenvalue weighted by Gasteiger charge is -2.10. The molecule has 0 amide bonds. The summed E-state index contributed by atoms with van der Waals surface area (Å²) in [6.45, 7) is 3.85. The van der Waals surface area contributed by atoms with Crippen LogP contribution in [-0.2, 0) is 6.42 Å². The van der Waals surface area contributed by atoms with Gasteiger partial charge in [-0.3, -0.25) is 0 Å². The summed E-state index contributed by atoms with van der Waals surface area (Å²) >= 11 is 0. The minimum atomic E-state index is 0.392. The Hall–Kier alpha value is -2.65. The molecule has 1 heterocycles. The van der Waals surface area contributed by atoms with Crippen molar-refractivity contribution in [2.24, 2.45) is 5.84 Å². The van der Waals surface area contributed by atoms with Crippen LogP contribution in [0.15, 0.2) is 24.3 Å². The minimum Gasteiger partial charge on any atom is -0.439 e. The Balaban J connectivity index is 2.36. The van der Waals surface area contributed by atoms with Crippen LogP contribution < -0.4 is 16.0 Å². The number of aromatic nitrogens is 2. The molecule has 0 fully saturated rings. The van der Waals surface area contributed by atoms with Gasteiger partial charge in [-0.2, -0.15) is 10.2 Å². The van der Waals surface area contributed by atoms with Gasteiger partial charge in [-0.05, 0) is 24.6 Å². The molecule has 0 saturated heterocycles. The molecular formula is C14H15N5O. The third-order valence-corrected chi connectivity index (χ3v) is 2.74. The minimum absolute atomic E-state index is 0.392. The van der Waals surface area contributed by atoms with Gasteiger partial charge in [0.25, 0.3) is 0 Å². The van der Waals surface area contributed by atoms with Crippen LogP contribution in [0, 0.1) is 18.3 Å². The van der Waals surface area contributed by atoms with Crippen molar-refractivity contribution in [1.82, 2.24) is 9.97 Å². The first-order chi connectivity index (χ1) is 9.66. The van der Waals surface area contributed by atoms with E-state index in [1.165, 1.54) is 0 Å². The number of benzene rings is 1. The van der Waals surface area contributed by atoms with Crippen LogP contribution in [-0.4, -0.2) is 9.97 Å². The lowest BCUT2D eigenvalue weighted by atomic mass is 10.1. The smallest absolute Gasteiger partial charge is 0.224 e. The summed E-state index contributed by atoms with van der Waals surface area (Å²) in [6, 6.07) is 8.94. The van der Waals surface area contributed by atoms with Gasteiger partial charge in [-0.1, -0.05) is 13.0 Å². The van der Waals surface area contributed by atoms with Gasteiger partial charge in [0.2, 0.25) is 5.88 Å². The van der Waals surface area contributed by atoms with Gasteiger partial charge in [0, 0.05) is 12.5 Å². The summed E-state index contributed by atoms with van der Waals surface area (Å²) in [5.74, 6) is 7.47. The van der Waals surface area contributed by atoms with E-state index in [0.717, 1.165) is 5.56 Å². The average Bonchev–Trinajstić information content (AvgIpc) is 2.49. The van der Waals surface area contributed by atoms with Gasteiger partial charge in [0.05, 0.1) is 11.6 Å². The van der Waals surface area contributed by atoms with Crippen LogP contribution in [0.3, 0.4) is 0 Å². The molecule has 2 aromatic rings. The first-order valence-electron chi connectivity index (χ1n) is 6.19. The highest BCUT2D eigenvalue weighted by molar-refractivity contribution is 5.45. The maximum absolute atomic E-state index is 8.93. The maximum atomic E-state index is 8.93. The van der Waals surface area contributed by atoms with E-state index >= 15 is 0 Å². The first-order valence-corrected chi connectivity index (χ1v) is 6.19. The van der Waals surface area contributed by atoms with Crippen molar-refractivity contribution in [1.29, 1.82) is 5.26 Å². The summed E-state index contributed by atoms with van der Waals surface area (Å²) < 4.78 is 5.74. The zero-order valence-corrected chi connectivity index (χ0v) is 11.3. The number of nitrogens with two attached hydrogens (primary N) is 1. The zero-order chi connectivity index (χ0) is 14.5. The molecule has 102 valence electrons. The van der Waals surface area contributed by atoms with Crippen LogP contribution in [0.5, 0.6) is 11.6 Å². The molecule has 0 aliphatic heterocycles. The maximum Gasteiger partial charge on any atom is 0.224 e. The van der Waals surface area contributed by atoms with E-state index in [1.807, 2.05) is 19.9 Å². The predicted molar refractivity (Wildman–Crippen MR) is 75.2 cm³/mol. The summed E-state index contributed by atoms with van der Waals surface area (Å²) in [7, 11) is 0. The standard InChI is InChI=1S/C14H15N5O/c1-3-12-17-13(19-16)7-14(18-12)20-11-6-10(8-15)5-4-9(11)2/h4-7H,3,16H2,1-2H3,(H,17,18,19). The van der Waals surface area contributed by atoms with Crippen molar-refractivity contribution in [3.8, 4) is 17.7 Å². The molecule has 0 spiro atoms. The number of hydrogen-bond donors (Lipinski definition) is 2. The van der Waals surface area contributed by atoms with Crippen molar-refractivity contribution >= 4 is 5.82 Å². The number of nitrogens with zero attached hydrogens (tertiary/aromatic N) is 3. The lowest BCUT2D eigenvalue weighted by Crippen LogP contribution is -2.10. The molecule has 20 heavy (non-hydrogen) atoms. The van der Waals surface area contributed by atoms with E-state index in [2.05, 4.69) is 21.5 Å². The molecule has 0 radical (unpaired) electrons. The van der Waals surface area contributed by atoms with Crippen molar-refractivity contribution in [3.63, 3.8) is 0 Å². The van der Waals surface area contributed by atoms with E-state index < -0.39 is 0 Å². The van der Waals surface area contributed by atoms with Gasteiger partial charge < -0.3 is 10.2 Å². The lowest BCUT2D eigenvalue weighted by molar-refractivity contribution is 0.455. The Morgan fingerprint density at radius 2 is 2.15 bits per heavy atom. The second-order valence-electron chi connectivity index (χ2n) is 4.20.